The van der Waals surface area contributed by atoms with Crippen molar-refractivity contribution < 1.29 is 9.09 Å². The van der Waals surface area contributed by atoms with Crippen LogP contribution in [0.25, 0.3) is 5.57 Å². The molecule has 1 heterocycles. The van der Waals surface area contributed by atoms with Gasteiger partial charge in [0.15, 0.2) is 5.09 Å². The molecule has 4 rings (SSSR count). The summed E-state index contributed by atoms with van der Waals surface area (Å²) in [6.45, 7) is 0. The smallest absolute Gasteiger partial charge is 0.396 e. The molecule has 0 aromatic heterocycles. The van der Waals surface area contributed by atoms with Crippen molar-refractivity contribution in [2.24, 2.45) is 0 Å². The molecule has 0 spiro atoms. The molecule has 134 valence electrons. The van der Waals surface area contributed by atoms with E-state index in [2.05, 4.69) is 29.2 Å². The van der Waals surface area contributed by atoms with E-state index in [9.17, 15) is 4.57 Å². The second kappa shape index (κ2) is 7.77. The molecule has 0 saturated heterocycles. The Morgan fingerprint density at radius 2 is 1.48 bits per heavy atom. The predicted octanol–water partition coefficient (Wildman–Crippen LogP) is 7.15. The average Bonchev–Trinajstić information content (AvgIpc) is 2.70. The summed E-state index contributed by atoms with van der Waals surface area (Å²) in [6.07, 6.45) is 0. The number of thioether (sulfide) groups is 1. The van der Waals surface area contributed by atoms with Crippen molar-refractivity contribution in [3.8, 4) is 0 Å². The molecule has 0 radical (unpaired) electrons. The molecule has 0 saturated carbocycles. The van der Waals surface area contributed by atoms with E-state index in [1.54, 1.807) is 0 Å². The highest BCUT2D eigenvalue weighted by molar-refractivity contribution is 8.03. The first-order valence-corrected chi connectivity index (χ1v) is 10.2. The molecule has 0 aliphatic carbocycles. The van der Waals surface area contributed by atoms with E-state index in [1.807, 2.05) is 55.6 Å². The molecule has 3 aromatic carbocycles. The SMILES string of the molecule is CN1c2ccccc2C(=C(OP=O)Sc2ccc(Cl)cc2)c2ccccc21. The number of anilines is 2. The summed E-state index contributed by atoms with van der Waals surface area (Å²) in [5, 5.41) is 1.26. The maximum absolute atomic E-state index is 11.4. The number of nitrogens with zero attached hydrogens (tertiary/aromatic N) is 1. The maximum Gasteiger partial charge on any atom is 0.396 e. The summed E-state index contributed by atoms with van der Waals surface area (Å²) >= 11 is 7.43. The Kier molecular flexibility index (Phi) is 5.22. The van der Waals surface area contributed by atoms with Crippen LogP contribution in [0.3, 0.4) is 0 Å². The summed E-state index contributed by atoms with van der Waals surface area (Å²) in [6, 6.07) is 23.8. The number of hydrogen-bond acceptors (Lipinski definition) is 4. The van der Waals surface area contributed by atoms with Gasteiger partial charge in [0, 0.05) is 45.0 Å². The fraction of sp³-hybridized carbons (Fsp3) is 0.0476. The van der Waals surface area contributed by atoms with Crippen molar-refractivity contribution in [1.29, 1.82) is 0 Å². The highest BCUT2D eigenvalue weighted by atomic mass is 35.5. The van der Waals surface area contributed by atoms with E-state index in [1.165, 1.54) is 11.8 Å². The Hall–Kier alpha value is -2.26. The lowest BCUT2D eigenvalue weighted by Crippen LogP contribution is -2.18. The van der Waals surface area contributed by atoms with E-state index in [0.29, 0.717) is 10.1 Å². The first kappa shape index (κ1) is 18.1. The first-order chi connectivity index (χ1) is 13.2. The Morgan fingerprint density at radius 1 is 0.926 bits per heavy atom. The van der Waals surface area contributed by atoms with E-state index in [0.717, 1.165) is 33.0 Å². The van der Waals surface area contributed by atoms with Crippen molar-refractivity contribution >= 4 is 49.0 Å². The molecule has 0 atom stereocenters. The van der Waals surface area contributed by atoms with Gasteiger partial charge in [0.1, 0.15) is 0 Å². The van der Waals surface area contributed by atoms with Crippen LogP contribution in [-0.4, -0.2) is 7.05 Å². The molecule has 1 aliphatic rings. The quantitative estimate of drug-likeness (QED) is 0.259. The van der Waals surface area contributed by atoms with Gasteiger partial charge in [0.2, 0.25) is 0 Å². The molecular formula is C21H15ClNO2PS. The van der Waals surface area contributed by atoms with Crippen molar-refractivity contribution in [2.75, 3.05) is 11.9 Å². The molecule has 6 heteroatoms. The van der Waals surface area contributed by atoms with Crippen LogP contribution in [0.1, 0.15) is 11.1 Å². The van der Waals surface area contributed by atoms with Crippen molar-refractivity contribution in [1.82, 2.24) is 0 Å². The van der Waals surface area contributed by atoms with Gasteiger partial charge in [0.25, 0.3) is 0 Å². The minimum Gasteiger partial charge on any atom is -0.399 e. The largest absolute Gasteiger partial charge is 0.399 e. The zero-order valence-corrected chi connectivity index (χ0v) is 16.9. The summed E-state index contributed by atoms with van der Waals surface area (Å²) in [5.41, 5.74) is 5.17. The molecule has 1 aliphatic heterocycles. The third-order valence-corrected chi connectivity index (χ3v) is 6.03. The van der Waals surface area contributed by atoms with Gasteiger partial charge in [-0.05, 0) is 36.4 Å². The Labute approximate surface area is 168 Å². The zero-order valence-electron chi connectivity index (χ0n) is 14.4. The number of hydrogen-bond donors (Lipinski definition) is 0. The third kappa shape index (κ3) is 3.49. The normalized spacial score (nSPS) is 12.5. The van der Waals surface area contributed by atoms with Crippen LogP contribution >= 0.6 is 32.0 Å². The Balaban J connectivity index is 1.94. The number of halogens is 1. The zero-order chi connectivity index (χ0) is 18.8. The van der Waals surface area contributed by atoms with Crippen molar-refractivity contribution in [3.63, 3.8) is 0 Å². The summed E-state index contributed by atoms with van der Waals surface area (Å²) in [5.74, 6) is 0. The molecule has 0 unspecified atom stereocenters. The Bertz CT molecular complexity index is 987. The first-order valence-electron chi connectivity index (χ1n) is 8.29. The van der Waals surface area contributed by atoms with Crippen LogP contribution < -0.4 is 4.90 Å². The van der Waals surface area contributed by atoms with E-state index in [-0.39, 0.29) is 0 Å². The van der Waals surface area contributed by atoms with Gasteiger partial charge in [-0.1, -0.05) is 59.8 Å². The number of fused-ring (bicyclic) bond motifs is 2. The fourth-order valence-corrected chi connectivity index (χ4v) is 4.54. The van der Waals surface area contributed by atoms with Crippen LogP contribution in [0.4, 0.5) is 11.4 Å². The summed E-state index contributed by atoms with van der Waals surface area (Å²) in [4.78, 5) is 3.12. The molecule has 3 nitrogen and oxygen atoms in total. The number of para-hydroxylation sites is 2. The van der Waals surface area contributed by atoms with Gasteiger partial charge in [-0.3, -0.25) is 0 Å². The van der Waals surface area contributed by atoms with Crippen molar-refractivity contribution in [3.05, 3.63) is 94.0 Å². The Morgan fingerprint density at radius 3 is 2.04 bits per heavy atom. The minimum absolute atomic E-state index is 0.390. The van der Waals surface area contributed by atoms with E-state index < -0.39 is 8.69 Å². The van der Waals surface area contributed by atoms with E-state index in [4.69, 9.17) is 16.1 Å². The fourth-order valence-electron chi connectivity index (χ4n) is 3.21. The molecule has 0 fully saturated rings. The highest BCUT2D eigenvalue weighted by Gasteiger charge is 2.27. The monoisotopic (exact) mass is 411 g/mol. The lowest BCUT2D eigenvalue weighted by Gasteiger charge is -2.32. The average molecular weight is 412 g/mol. The molecular weight excluding hydrogens is 397 g/mol. The highest BCUT2D eigenvalue weighted by Crippen LogP contribution is 2.48. The molecule has 0 amide bonds. The minimum atomic E-state index is -0.390. The van der Waals surface area contributed by atoms with Crippen LogP contribution in [0.5, 0.6) is 0 Å². The maximum atomic E-state index is 11.4. The van der Waals surface area contributed by atoms with Crippen LogP contribution in [-0.2, 0) is 9.09 Å². The van der Waals surface area contributed by atoms with Crippen LogP contribution in [0, 0.1) is 0 Å². The van der Waals surface area contributed by atoms with Gasteiger partial charge in [-0.2, -0.15) is 0 Å². The molecule has 3 aromatic rings. The molecule has 0 N–H and O–H groups in total. The summed E-state index contributed by atoms with van der Waals surface area (Å²) < 4.78 is 17.0. The van der Waals surface area contributed by atoms with Gasteiger partial charge < -0.3 is 9.42 Å². The molecule has 0 bridgehead atoms. The standard InChI is InChI=1S/C21H15ClNO2PS/c1-23-18-8-4-2-6-16(18)20(17-7-3-5-9-19(17)23)21(25-26-24)27-15-12-10-14(22)11-13-15/h2-13H,1H3. The lowest BCUT2D eigenvalue weighted by molar-refractivity contribution is 0.474. The second-order valence-corrected chi connectivity index (χ2v) is 7.79. The predicted molar refractivity (Wildman–Crippen MR) is 113 cm³/mol. The molecule has 27 heavy (non-hydrogen) atoms. The second-order valence-electron chi connectivity index (χ2n) is 5.98. The van der Waals surface area contributed by atoms with E-state index >= 15 is 0 Å². The summed E-state index contributed by atoms with van der Waals surface area (Å²) in [7, 11) is 1.66. The third-order valence-electron chi connectivity index (χ3n) is 4.42. The number of benzene rings is 3. The number of rotatable bonds is 4. The van der Waals surface area contributed by atoms with Crippen molar-refractivity contribution in [2.45, 2.75) is 4.90 Å². The van der Waals surface area contributed by atoms with Gasteiger partial charge in [-0.25, -0.2) is 4.57 Å². The van der Waals surface area contributed by atoms with Gasteiger partial charge in [-0.15, -0.1) is 0 Å². The lowest BCUT2D eigenvalue weighted by atomic mass is 9.91. The van der Waals surface area contributed by atoms with Crippen LogP contribution in [0.15, 0.2) is 82.8 Å². The van der Waals surface area contributed by atoms with Crippen LogP contribution in [0.2, 0.25) is 5.02 Å². The topological polar surface area (TPSA) is 29.5 Å². The van der Waals surface area contributed by atoms with Gasteiger partial charge >= 0.3 is 8.69 Å². The van der Waals surface area contributed by atoms with Gasteiger partial charge in [0.05, 0.1) is 0 Å².